The van der Waals surface area contributed by atoms with Crippen molar-refractivity contribution >= 4 is 17.7 Å². The molecule has 2 aromatic rings. The fraction of sp³-hybridized carbons (Fsp3) is 0.217. The number of amides is 2. The minimum Gasteiger partial charge on any atom is -0.491 e. The summed E-state index contributed by atoms with van der Waals surface area (Å²) in [6, 6.07) is 9.07. The Bertz CT molecular complexity index is 1010. The maximum absolute atomic E-state index is 13.9. The second-order valence-electron chi connectivity index (χ2n) is 6.64. The maximum atomic E-state index is 13.9. The van der Waals surface area contributed by atoms with Crippen molar-refractivity contribution in [1.82, 2.24) is 5.48 Å². The molecular weight excluding hydrogens is 454 g/mol. The highest BCUT2D eigenvalue weighted by Gasteiger charge is 2.26. The molecule has 34 heavy (non-hydrogen) atoms. The van der Waals surface area contributed by atoms with Crippen LogP contribution in [-0.4, -0.2) is 48.7 Å². The summed E-state index contributed by atoms with van der Waals surface area (Å²) in [4.78, 5) is 23.6. The number of carbonyl (C=O) groups is 2. The molecule has 0 aliphatic carbocycles. The minimum absolute atomic E-state index is 0.0993. The number of hydrogen-bond acceptors (Lipinski definition) is 7. The van der Waals surface area contributed by atoms with Crippen LogP contribution in [0.3, 0.4) is 0 Å². The van der Waals surface area contributed by atoms with Gasteiger partial charge in [0.2, 0.25) is 0 Å². The van der Waals surface area contributed by atoms with E-state index in [1.807, 2.05) is 0 Å². The molecule has 2 amide bonds. The monoisotopic (exact) mass is 478 g/mol. The summed E-state index contributed by atoms with van der Waals surface area (Å²) in [5.41, 5.74) is 1.65. The molecule has 0 unspecified atom stereocenters. The van der Waals surface area contributed by atoms with Crippen LogP contribution >= 0.6 is 0 Å². The molecule has 182 valence electrons. The van der Waals surface area contributed by atoms with E-state index in [4.69, 9.17) is 24.5 Å². The van der Waals surface area contributed by atoms with Crippen molar-refractivity contribution < 1.29 is 42.9 Å². The average Bonchev–Trinajstić information content (AvgIpc) is 2.83. The molecule has 9 nitrogen and oxygen atoms in total. The van der Waals surface area contributed by atoms with E-state index in [-0.39, 0.29) is 18.9 Å². The lowest BCUT2D eigenvalue weighted by Crippen LogP contribution is -2.27. The highest BCUT2D eigenvalue weighted by molar-refractivity contribution is 5.86. The van der Waals surface area contributed by atoms with E-state index in [1.165, 1.54) is 30.8 Å². The molecule has 0 aliphatic rings. The molecule has 2 rings (SSSR count). The molecule has 2 atom stereocenters. The highest BCUT2D eigenvalue weighted by atomic mass is 19.1. The molecule has 0 saturated carbocycles. The first-order valence-corrected chi connectivity index (χ1v) is 9.96. The van der Waals surface area contributed by atoms with E-state index in [0.717, 1.165) is 18.2 Å². The Morgan fingerprint density at radius 3 is 2.47 bits per heavy atom. The Hall–Kier alpha value is -3.80. The molecule has 0 fully saturated rings. The van der Waals surface area contributed by atoms with Gasteiger partial charge in [0, 0.05) is 19.3 Å². The topological polar surface area (TPSA) is 126 Å². The van der Waals surface area contributed by atoms with Gasteiger partial charge < -0.3 is 19.3 Å². The van der Waals surface area contributed by atoms with Gasteiger partial charge >= 0.3 is 6.09 Å². The summed E-state index contributed by atoms with van der Waals surface area (Å²) in [7, 11) is 1.37. The summed E-state index contributed by atoms with van der Waals surface area (Å²) in [5.74, 6) is -2.05. The zero-order valence-corrected chi connectivity index (χ0v) is 18.1. The van der Waals surface area contributed by atoms with E-state index in [9.17, 15) is 18.4 Å². The number of hydrogen-bond donors (Lipinski definition) is 4. The molecule has 0 aromatic heterocycles. The number of hydroxylamine groups is 1. The van der Waals surface area contributed by atoms with Crippen molar-refractivity contribution in [3.63, 3.8) is 0 Å². The Kier molecular flexibility index (Phi) is 10.6. The summed E-state index contributed by atoms with van der Waals surface area (Å²) >= 11 is 0. The first-order chi connectivity index (χ1) is 16.4. The third kappa shape index (κ3) is 8.28. The summed E-state index contributed by atoms with van der Waals surface area (Å²) in [5, 5.41) is 19.6. The number of aliphatic hydroxyl groups is 1. The van der Waals surface area contributed by atoms with Crippen LogP contribution in [-0.2, 0) is 14.3 Å². The summed E-state index contributed by atoms with van der Waals surface area (Å²) in [6.45, 7) is -0.0614. The molecular formula is C23H24F2N2O7. The Morgan fingerprint density at radius 1 is 1.12 bits per heavy atom. The fourth-order valence-electron chi connectivity index (χ4n) is 2.74. The normalized spacial score (nSPS) is 13.0. The highest BCUT2D eigenvalue weighted by Crippen LogP contribution is 2.27. The second kappa shape index (κ2) is 13.7. The van der Waals surface area contributed by atoms with Crippen molar-refractivity contribution in [2.75, 3.05) is 25.6 Å². The van der Waals surface area contributed by atoms with Gasteiger partial charge in [-0.25, -0.2) is 19.1 Å². The van der Waals surface area contributed by atoms with E-state index < -0.39 is 35.8 Å². The zero-order valence-electron chi connectivity index (χ0n) is 18.1. The summed E-state index contributed by atoms with van der Waals surface area (Å²) in [6.07, 6.45) is 2.41. The minimum atomic E-state index is -1.03. The van der Waals surface area contributed by atoms with Gasteiger partial charge in [-0.1, -0.05) is 30.4 Å². The predicted molar refractivity (Wildman–Crippen MR) is 117 cm³/mol. The summed E-state index contributed by atoms with van der Waals surface area (Å²) < 4.78 is 43.3. The van der Waals surface area contributed by atoms with Gasteiger partial charge in [0.05, 0.1) is 12.3 Å². The lowest BCUT2D eigenvalue weighted by Gasteiger charge is -2.24. The molecule has 4 N–H and O–H groups in total. The lowest BCUT2D eigenvalue weighted by atomic mass is 10.0. The number of halogens is 2. The first kappa shape index (κ1) is 26.5. The van der Waals surface area contributed by atoms with Gasteiger partial charge in [0.15, 0.2) is 6.10 Å². The van der Waals surface area contributed by atoms with E-state index in [0.29, 0.717) is 17.4 Å². The van der Waals surface area contributed by atoms with Gasteiger partial charge in [-0.15, -0.1) is 0 Å². The number of carbonyl (C=O) groups excluding carboxylic acids is 2. The third-order valence-corrected chi connectivity index (χ3v) is 4.31. The average molecular weight is 478 g/mol. The molecule has 2 aromatic carbocycles. The van der Waals surface area contributed by atoms with Crippen LogP contribution in [0.2, 0.25) is 0 Å². The molecule has 0 aliphatic heterocycles. The van der Waals surface area contributed by atoms with Crippen molar-refractivity contribution in [1.29, 1.82) is 0 Å². The molecule has 0 bridgehead atoms. The number of nitrogens with one attached hydrogen (secondary N) is 2. The van der Waals surface area contributed by atoms with Crippen LogP contribution in [0.25, 0.3) is 0 Å². The van der Waals surface area contributed by atoms with Crippen molar-refractivity contribution in [3.8, 4) is 5.75 Å². The fourth-order valence-corrected chi connectivity index (χ4v) is 2.74. The largest absolute Gasteiger partial charge is 0.491 e. The van der Waals surface area contributed by atoms with Gasteiger partial charge in [0.1, 0.15) is 30.1 Å². The van der Waals surface area contributed by atoms with E-state index in [1.54, 1.807) is 24.3 Å². The number of benzene rings is 2. The maximum Gasteiger partial charge on any atom is 0.412 e. The molecule has 0 saturated heterocycles. The number of allylic oxidation sites excluding steroid dienone is 2. The molecule has 11 heteroatoms. The number of rotatable bonds is 11. The third-order valence-electron chi connectivity index (χ3n) is 4.31. The van der Waals surface area contributed by atoms with Crippen molar-refractivity contribution in [2.45, 2.75) is 12.2 Å². The lowest BCUT2D eigenvalue weighted by molar-refractivity contribution is -0.124. The van der Waals surface area contributed by atoms with Crippen LogP contribution in [0.4, 0.5) is 19.3 Å². The molecule has 0 spiro atoms. The second-order valence-corrected chi connectivity index (χ2v) is 6.64. The van der Waals surface area contributed by atoms with Gasteiger partial charge in [-0.05, 0) is 29.8 Å². The van der Waals surface area contributed by atoms with Crippen LogP contribution in [0, 0.1) is 11.6 Å². The van der Waals surface area contributed by atoms with Crippen LogP contribution in [0.15, 0.2) is 66.8 Å². The van der Waals surface area contributed by atoms with Crippen molar-refractivity contribution in [3.05, 3.63) is 84.0 Å². The SMILES string of the molecule is CO[C@@H](/C=C/C=C/C(=O)NO)[C@@H](OC(=O)Nc1ccc(F)cc1F)c1ccc(OCCO)cc1. The number of methoxy groups -OCH3 is 1. The predicted octanol–water partition coefficient (Wildman–Crippen LogP) is 3.26. The number of anilines is 1. The first-order valence-electron chi connectivity index (χ1n) is 9.96. The molecule has 0 heterocycles. The molecule has 0 radical (unpaired) electrons. The van der Waals surface area contributed by atoms with Crippen molar-refractivity contribution in [2.24, 2.45) is 0 Å². The van der Waals surface area contributed by atoms with Crippen LogP contribution in [0.5, 0.6) is 5.75 Å². The van der Waals surface area contributed by atoms with E-state index in [2.05, 4.69) is 5.32 Å². The number of ether oxygens (including phenoxy) is 3. The van der Waals surface area contributed by atoms with Gasteiger partial charge in [-0.3, -0.25) is 15.3 Å². The number of aliphatic hydroxyl groups excluding tert-OH is 1. The Morgan fingerprint density at radius 2 is 1.85 bits per heavy atom. The quantitative estimate of drug-likeness (QED) is 0.169. The Labute approximate surface area is 194 Å². The van der Waals surface area contributed by atoms with E-state index >= 15 is 0 Å². The smallest absolute Gasteiger partial charge is 0.412 e. The Balaban J connectivity index is 2.25. The van der Waals surface area contributed by atoms with Gasteiger partial charge in [-0.2, -0.15) is 0 Å². The standard InChI is InChI=1S/C23H24F2N2O7/c1-32-20(4-2-3-5-21(29)27-31)22(15-6-9-17(10-7-15)33-13-12-28)34-23(30)26-19-11-8-16(24)14-18(19)25/h2-11,14,20,22,28,31H,12-13H2,1H3,(H,26,30)(H,27,29)/b4-2+,5-3+/t20-,22-/m0/s1. The van der Waals surface area contributed by atoms with Crippen LogP contribution < -0.4 is 15.5 Å². The van der Waals surface area contributed by atoms with Crippen LogP contribution in [0.1, 0.15) is 11.7 Å². The van der Waals surface area contributed by atoms with Gasteiger partial charge in [0.25, 0.3) is 5.91 Å². The zero-order chi connectivity index (χ0) is 24.9.